The molecule has 33 heavy (non-hydrogen) atoms. The number of hydrogen-bond donors (Lipinski definition) is 3. The fraction of sp³-hybridized carbons (Fsp3) is 0.522. The maximum atomic E-state index is 12.0. The van der Waals surface area contributed by atoms with Crippen LogP contribution in [0.15, 0.2) is 28.8 Å². The van der Waals surface area contributed by atoms with Gasteiger partial charge in [-0.15, -0.1) is 11.8 Å². The molecule has 9 nitrogen and oxygen atoms in total. The van der Waals surface area contributed by atoms with Gasteiger partial charge in [0.15, 0.2) is 0 Å². The van der Waals surface area contributed by atoms with E-state index in [4.69, 9.17) is 9.84 Å². The van der Waals surface area contributed by atoms with Gasteiger partial charge in [-0.05, 0) is 30.5 Å². The van der Waals surface area contributed by atoms with E-state index in [0.29, 0.717) is 26.1 Å². The number of carbonyl (C=O) groups excluding carboxylic acids is 1. The zero-order valence-electron chi connectivity index (χ0n) is 18.9. The van der Waals surface area contributed by atoms with Crippen molar-refractivity contribution in [3.8, 4) is 5.75 Å². The average Bonchev–Trinajstić information content (AvgIpc) is 3.22. The quantitative estimate of drug-likeness (QED) is 0.491. The number of fused-ring (bicyclic) bond motifs is 1. The summed E-state index contributed by atoms with van der Waals surface area (Å²) >= 11 is 1.54. The van der Waals surface area contributed by atoms with Gasteiger partial charge in [0.25, 0.3) is 0 Å². The first-order valence-electron chi connectivity index (χ1n) is 11.0. The molecule has 3 N–H and O–H groups in total. The zero-order chi connectivity index (χ0) is 23.9. The molecule has 4 atom stereocenters. The number of amides is 2. The second kappa shape index (κ2) is 9.26. The van der Waals surface area contributed by atoms with Gasteiger partial charge in [-0.2, -0.15) is 0 Å². The minimum atomic E-state index is -1.06. The summed E-state index contributed by atoms with van der Waals surface area (Å²) in [6.45, 7) is 5.62. The van der Waals surface area contributed by atoms with Crippen LogP contribution in [-0.2, 0) is 16.1 Å². The van der Waals surface area contributed by atoms with E-state index in [9.17, 15) is 19.5 Å². The highest BCUT2D eigenvalue weighted by atomic mass is 32.2. The third-order valence-electron chi connectivity index (χ3n) is 6.77. The number of ether oxygens (including phenoxy) is 1. The van der Waals surface area contributed by atoms with E-state index in [1.165, 1.54) is 16.7 Å². The van der Waals surface area contributed by atoms with E-state index in [1.54, 1.807) is 7.11 Å². The molecule has 1 aromatic rings. The summed E-state index contributed by atoms with van der Waals surface area (Å²) in [5, 5.41) is 21.5. The lowest BCUT2D eigenvalue weighted by Crippen LogP contribution is -2.51. The largest absolute Gasteiger partial charge is 0.496 e. The number of β-lactam (4-membered cyclic amide) rings is 1. The Kier molecular flexibility index (Phi) is 6.58. The molecule has 4 unspecified atom stereocenters. The van der Waals surface area contributed by atoms with Crippen LogP contribution in [0.5, 0.6) is 5.75 Å². The Balaban J connectivity index is 1.52. The first kappa shape index (κ1) is 23.4. The van der Waals surface area contributed by atoms with E-state index in [-0.39, 0.29) is 34.9 Å². The predicted octanol–water partition coefficient (Wildman–Crippen LogP) is 2.49. The smallest absolute Gasteiger partial charge is 0.404 e. The standard InChI is InChI=1S/C23H29N3O6S/c1-12-6-14(4-5-18(12)32-3)10-25-11-16(7-15(25)9-24-23(30)31)33-21-13(2)17-8-19(27)26(17)20(21)22(28)29/h4-6,13,15-17,24H,7-11H2,1-3H3,(H,28,29)(H,30,31). The van der Waals surface area contributed by atoms with Crippen LogP contribution in [0.2, 0.25) is 0 Å². The van der Waals surface area contributed by atoms with Crippen LogP contribution < -0.4 is 10.1 Å². The molecular formula is C23H29N3O6S. The number of hydrogen-bond acceptors (Lipinski definition) is 6. The van der Waals surface area contributed by atoms with Crippen molar-refractivity contribution in [3.63, 3.8) is 0 Å². The van der Waals surface area contributed by atoms with Crippen LogP contribution in [0.4, 0.5) is 4.79 Å². The third-order valence-corrected chi connectivity index (χ3v) is 8.26. The lowest BCUT2D eigenvalue weighted by molar-refractivity contribution is -0.148. The van der Waals surface area contributed by atoms with E-state index >= 15 is 0 Å². The van der Waals surface area contributed by atoms with Crippen LogP contribution in [0.1, 0.15) is 30.9 Å². The van der Waals surface area contributed by atoms with Crippen LogP contribution >= 0.6 is 11.8 Å². The summed E-state index contributed by atoms with van der Waals surface area (Å²) in [5.41, 5.74) is 2.26. The average molecular weight is 476 g/mol. The van der Waals surface area contributed by atoms with E-state index in [1.807, 2.05) is 26.0 Å². The highest BCUT2D eigenvalue weighted by Crippen LogP contribution is 2.49. The third kappa shape index (κ3) is 4.54. The lowest BCUT2D eigenvalue weighted by atomic mass is 9.94. The Hall–Kier alpha value is -2.72. The monoisotopic (exact) mass is 475 g/mol. The van der Waals surface area contributed by atoms with E-state index in [0.717, 1.165) is 28.2 Å². The van der Waals surface area contributed by atoms with Crippen molar-refractivity contribution in [2.45, 2.75) is 50.6 Å². The molecule has 2 saturated heterocycles. The number of rotatable bonds is 8. The number of carbonyl (C=O) groups is 3. The second-order valence-electron chi connectivity index (χ2n) is 8.89. The highest BCUT2D eigenvalue weighted by molar-refractivity contribution is 8.03. The number of aliphatic carboxylic acids is 1. The molecule has 2 amide bonds. The second-order valence-corrected chi connectivity index (χ2v) is 10.2. The molecule has 3 aliphatic heterocycles. The summed E-state index contributed by atoms with van der Waals surface area (Å²) in [5.74, 6) is -0.383. The zero-order valence-corrected chi connectivity index (χ0v) is 19.7. The van der Waals surface area contributed by atoms with Gasteiger partial charge in [-0.1, -0.05) is 19.1 Å². The number of aryl methyl sites for hydroxylation is 1. The summed E-state index contributed by atoms with van der Waals surface area (Å²) in [7, 11) is 1.64. The first-order chi connectivity index (χ1) is 15.7. The van der Waals surface area contributed by atoms with Crippen molar-refractivity contribution in [1.29, 1.82) is 0 Å². The summed E-state index contributed by atoms with van der Waals surface area (Å²) < 4.78 is 5.34. The molecule has 2 fully saturated rings. The number of benzene rings is 1. The van der Waals surface area contributed by atoms with Crippen molar-refractivity contribution in [2.75, 3.05) is 20.2 Å². The Morgan fingerprint density at radius 1 is 1.30 bits per heavy atom. The van der Waals surface area contributed by atoms with Crippen molar-refractivity contribution in [2.24, 2.45) is 5.92 Å². The van der Waals surface area contributed by atoms with Gasteiger partial charge < -0.3 is 25.2 Å². The molecule has 3 heterocycles. The molecule has 178 valence electrons. The Bertz CT molecular complexity index is 1010. The Morgan fingerprint density at radius 2 is 2.06 bits per heavy atom. The van der Waals surface area contributed by atoms with Crippen molar-refractivity contribution >= 4 is 29.7 Å². The van der Waals surface area contributed by atoms with Crippen LogP contribution in [-0.4, -0.2) is 75.5 Å². The topological polar surface area (TPSA) is 119 Å². The number of methoxy groups -OCH3 is 1. The number of carboxylic acid groups (broad SMARTS) is 2. The maximum absolute atomic E-state index is 12.0. The van der Waals surface area contributed by atoms with Crippen LogP contribution in [0.3, 0.4) is 0 Å². The fourth-order valence-corrected chi connectivity index (χ4v) is 6.71. The maximum Gasteiger partial charge on any atom is 0.404 e. The number of nitrogens with zero attached hydrogens (tertiary/aromatic N) is 2. The molecule has 1 aromatic carbocycles. The van der Waals surface area contributed by atoms with Gasteiger partial charge >= 0.3 is 12.1 Å². The summed E-state index contributed by atoms with van der Waals surface area (Å²) in [6.07, 6.45) is 0.0531. The van der Waals surface area contributed by atoms with Crippen molar-refractivity contribution in [3.05, 3.63) is 39.9 Å². The lowest BCUT2D eigenvalue weighted by Gasteiger charge is -2.37. The van der Waals surface area contributed by atoms with Crippen molar-refractivity contribution in [1.82, 2.24) is 15.1 Å². The van der Waals surface area contributed by atoms with Gasteiger partial charge in [0.2, 0.25) is 5.91 Å². The van der Waals surface area contributed by atoms with Crippen LogP contribution in [0, 0.1) is 12.8 Å². The van der Waals surface area contributed by atoms with Crippen LogP contribution in [0.25, 0.3) is 0 Å². The molecule has 0 spiro atoms. The SMILES string of the molecule is COc1ccc(CN2CC(SC3=C(C(=O)O)N4C(=O)CC4C3C)CC2CNC(=O)O)cc1C. The first-order valence-corrected chi connectivity index (χ1v) is 11.9. The molecule has 0 radical (unpaired) electrons. The number of likely N-dealkylation sites (tertiary alicyclic amines) is 1. The molecule has 10 heteroatoms. The molecule has 0 saturated carbocycles. The Labute approximate surface area is 196 Å². The van der Waals surface area contributed by atoms with Gasteiger partial charge in [0.1, 0.15) is 11.4 Å². The molecule has 4 rings (SSSR count). The minimum Gasteiger partial charge on any atom is -0.496 e. The molecular weight excluding hydrogens is 446 g/mol. The molecule has 0 bridgehead atoms. The predicted molar refractivity (Wildman–Crippen MR) is 123 cm³/mol. The van der Waals surface area contributed by atoms with Crippen molar-refractivity contribution < 1.29 is 29.3 Å². The van der Waals surface area contributed by atoms with Gasteiger partial charge in [0, 0.05) is 48.2 Å². The number of carboxylic acids is 1. The normalized spacial score (nSPS) is 26.9. The van der Waals surface area contributed by atoms with E-state index in [2.05, 4.69) is 16.3 Å². The van der Waals surface area contributed by atoms with E-state index < -0.39 is 12.1 Å². The summed E-state index contributed by atoms with van der Waals surface area (Å²) in [4.78, 5) is 39.5. The summed E-state index contributed by atoms with van der Waals surface area (Å²) in [6, 6.07) is 5.94. The highest BCUT2D eigenvalue weighted by Gasteiger charge is 2.52. The fourth-order valence-electron chi connectivity index (χ4n) is 5.10. The number of nitrogens with one attached hydrogen (secondary N) is 1. The minimum absolute atomic E-state index is 0.00678. The molecule has 0 aromatic heterocycles. The van der Waals surface area contributed by atoms with Gasteiger partial charge in [-0.3, -0.25) is 9.69 Å². The van der Waals surface area contributed by atoms with Gasteiger partial charge in [-0.25, -0.2) is 9.59 Å². The van der Waals surface area contributed by atoms with Gasteiger partial charge in [0.05, 0.1) is 13.2 Å². The Morgan fingerprint density at radius 3 is 2.67 bits per heavy atom. The molecule has 0 aliphatic carbocycles. The molecule has 3 aliphatic rings. The number of thioether (sulfide) groups is 1.